The fourth-order valence-electron chi connectivity index (χ4n) is 2.52. The summed E-state index contributed by atoms with van der Waals surface area (Å²) in [6.45, 7) is 5.68. The molecule has 0 saturated heterocycles. The minimum absolute atomic E-state index is 0.159. The lowest BCUT2D eigenvalue weighted by Gasteiger charge is -2.23. The predicted molar refractivity (Wildman–Crippen MR) is 91.4 cm³/mol. The molecule has 0 amide bonds. The predicted octanol–water partition coefficient (Wildman–Crippen LogP) is 4.42. The second kappa shape index (κ2) is 11.0. The van der Waals surface area contributed by atoms with Gasteiger partial charge < -0.3 is 10.0 Å². The molecule has 22 heavy (non-hydrogen) atoms. The lowest BCUT2D eigenvalue weighted by Crippen LogP contribution is -2.28. The lowest BCUT2D eigenvalue weighted by molar-refractivity contribution is -0.136. The number of hydrogen-bond acceptors (Lipinski definition) is 3. The van der Waals surface area contributed by atoms with Crippen molar-refractivity contribution in [2.45, 2.75) is 65.2 Å². The van der Waals surface area contributed by atoms with Crippen molar-refractivity contribution in [1.82, 2.24) is 4.98 Å². The SMILES string of the molecule is CCCCCCCCCN(CCC(=O)O)c1cc(C)ccn1. The van der Waals surface area contributed by atoms with Crippen LogP contribution in [0.1, 0.15) is 63.9 Å². The van der Waals surface area contributed by atoms with Crippen molar-refractivity contribution in [3.05, 3.63) is 23.9 Å². The van der Waals surface area contributed by atoms with Crippen LogP contribution in [-0.2, 0) is 4.79 Å². The van der Waals surface area contributed by atoms with Crippen LogP contribution in [0.15, 0.2) is 18.3 Å². The van der Waals surface area contributed by atoms with Gasteiger partial charge in [0.05, 0.1) is 6.42 Å². The molecule has 0 aliphatic carbocycles. The van der Waals surface area contributed by atoms with Crippen molar-refractivity contribution in [2.75, 3.05) is 18.0 Å². The average Bonchev–Trinajstić information content (AvgIpc) is 2.49. The maximum absolute atomic E-state index is 10.8. The summed E-state index contributed by atoms with van der Waals surface area (Å²) < 4.78 is 0. The van der Waals surface area contributed by atoms with E-state index in [1.807, 2.05) is 19.1 Å². The highest BCUT2D eigenvalue weighted by atomic mass is 16.4. The number of unbranched alkanes of at least 4 members (excludes halogenated alkanes) is 6. The molecular formula is C18H30N2O2. The molecule has 0 fully saturated rings. The summed E-state index contributed by atoms with van der Waals surface area (Å²) in [6.07, 6.45) is 10.8. The monoisotopic (exact) mass is 306 g/mol. The van der Waals surface area contributed by atoms with Gasteiger partial charge >= 0.3 is 5.97 Å². The van der Waals surface area contributed by atoms with Crippen molar-refractivity contribution in [3.63, 3.8) is 0 Å². The van der Waals surface area contributed by atoms with Gasteiger partial charge in [-0.3, -0.25) is 4.79 Å². The summed E-state index contributed by atoms with van der Waals surface area (Å²) in [6, 6.07) is 4.00. The minimum Gasteiger partial charge on any atom is -0.481 e. The Balaban J connectivity index is 2.40. The zero-order chi connectivity index (χ0) is 16.2. The molecule has 4 heteroatoms. The Hall–Kier alpha value is -1.58. The van der Waals surface area contributed by atoms with Crippen LogP contribution in [0.5, 0.6) is 0 Å². The molecule has 0 aliphatic rings. The second-order valence-electron chi connectivity index (χ2n) is 5.94. The van der Waals surface area contributed by atoms with Crippen LogP contribution in [0.2, 0.25) is 0 Å². The fraction of sp³-hybridized carbons (Fsp3) is 0.667. The molecule has 0 saturated carbocycles. The van der Waals surface area contributed by atoms with E-state index in [-0.39, 0.29) is 6.42 Å². The molecule has 1 aromatic heterocycles. The summed E-state index contributed by atoms with van der Waals surface area (Å²) in [4.78, 5) is 17.3. The molecule has 0 bridgehead atoms. The highest BCUT2D eigenvalue weighted by Gasteiger charge is 2.10. The molecule has 0 aromatic carbocycles. The summed E-state index contributed by atoms with van der Waals surface area (Å²) >= 11 is 0. The third-order valence-corrected chi connectivity index (χ3v) is 3.85. The molecule has 0 unspecified atom stereocenters. The van der Waals surface area contributed by atoms with E-state index in [4.69, 9.17) is 5.11 Å². The van der Waals surface area contributed by atoms with Gasteiger partial charge in [-0.05, 0) is 31.0 Å². The van der Waals surface area contributed by atoms with Crippen LogP contribution < -0.4 is 4.90 Å². The Bertz CT molecular complexity index is 435. The number of pyridine rings is 1. The highest BCUT2D eigenvalue weighted by Crippen LogP contribution is 2.15. The summed E-state index contributed by atoms with van der Waals surface area (Å²) in [5, 5.41) is 8.91. The number of anilines is 1. The number of hydrogen-bond donors (Lipinski definition) is 1. The van der Waals surface area contributed by atoms with E-state index in [1.165, 1.54) is 38.5 Å². The first-order valence-electron chi connectivity index (χ1n) is 8.53. The summed E-state index contributed by atoms with van der Waals surface area (Å²) in [5.74, 6) is 0.143. The standard InChI is InChI=1S/C18H30N2O2/c1-3-4-5-6-7-8-9-13-20(14-11-18(21)22)17-15-16(2)10-12-19-17/h10,12,15H,3-9,11,13-14H2,1-2H3,(H,21,22). The Morgan fingerprint density at radius 2 is 1.82 bits per heavy atom. The van der Waals surface area contributed by atoms with Gasteiger partial charge in [0.2, 0.25) is 0 Å². The van der Waals surface area contributed by atoms with E-state index in [0.717, 1.165) is 24.3 Å². The molecule has 0 spiro atoms. The molecule has 4 nitrogen and oxygen atoms in total. The van der Waals surface area contributed by atoms with Crippen LogP contribution in [0.25, 0.3) is 0 Å². The van der Waals surface area contributed by atoms with Crippen molar-refractivity contribution < 1.29 is 9.90 Å². The van der Waals surface area contributed by atoms with Crippen LogP contribution in [-0.4, -0.2) is 29.1 Å². The third kappa shape index (κ3) is 8.01. The van der Waals surface area contributed by atoms with Crippen molar-refractivity contribution >= 4 is 11.8 Å². The molecule has 124 valence electrons. The number of carboxylic acid groups (broad SMARTS) is 1. The van der Waals surface area contributed by atoms with Gasteiger partial charge in [0.1, 0.15) is 5.82 Å². The fourth-order valence-corrected chi connectivity index (χ4v) is 2.52. The largest absolute Gasteiger partial charge is 0.481 e. The number of rotatable bonds is 12. The molecular weight excluding hydrogens is 276 g/mol. The molecule has 0 atom stereocenters. The van der Waals surface area contributed by atoms with Crippen molar-refractivity contribution in [2.24, 2.45) is 0 Å². The zero-order valence-electron chi connectivity index (χ0n) is 14.1. The van der Waals surface area contributed by atoms with E-state index in [9.17, 15) is 4.79 Å². The first-order valence-corrected chi connectivity index (χ1v) is 8.53. The quantitative estimate of drug-likeness (QED) is 0.581. The normalized spacial score (nSPS) is 10.6. The third-order valence-electron chi connectivity index (χ3n) is 3.85. The van der Waals surface area contributed by atoms with E-state index in [0.29, 0.717) is 6.54 Å². The van der Waals surface area contributed by atoms with Gasteiger partial charge in [0.15, 0.2) is 0 Å². The van der Waals surface area contributed by atoms with E-state index in [2.05, 4.69) is 16.8 Å². The molecule has 0 aliphatic heterocycles. The number of aromatic nitrogens is 1. The van der Waals surface area contributed by atoms with Crippen LogP contribution >= 0.6 is 0 Å². The smallest absolute Gasteiger partial charge is 0.305 e. The zero-order valence-corrected chi connectivity index (χ0v) is 14.1. The summed E-state index contributed by atoms with van der Waals surface area (Å²) in [5.41, 5.74) is 1.16. The van der Waals surface area contributed by atoms with Crippen molar-refractivity contribution in [3.8, 4) is 0 Å². The van der Waals surface area contributed by atoms with Gasteiger partial charge in [0.25, 0.3) is 0 Å². The Morgan fingerprint density at radius 3 is 2.45 bits per heavy atom. The number of aliphatic carboxylic acids is 1. The maximum Gasteiger partial charge on any atom is 0.305 e. The number of nitrogens with zero attached hydrogens (tertiary/aromatic N) is 2. The number of carboxylic acids is 1. The van der Waals surface area contributed by atoms with E-state index in [1.54, 1.807) is 6.20 Å². The average molecular weight is 306 g/mol. The van der Waals surface area contributed by atoms with E-state index >= 15 is 0 Å². The van der Waals surface area contributed by atoms with Crippen LogP contribution in [0, 0.1) is 6.92 Å². The van der Waals surface area contributed by atoms with Gasteiger partial charge in [-0.15, -0.1) is 0 Å². The Morgan fingerprint density at radius 1 is 1.14 bits per heavy atom. The number of aryl methyl sites for hydroxylation is 1. The maximum atomic E-state index is 10.8. The molecule has 1 aromatic rings. The van der Waals surface area contributed by atoms with E-state index < -0.39 is 5.97 Å². The van der Waals surface area contributed by atoms with Crippen LogP contribution in [0.3, 0.4) is 0 Å². The lowest BCUT2D eigenvalue weighted by atomic mass is 10.1. The first kappa shape index (κ1) is 18.5. The minimum atomic E-state index is -0.753. The topological polar surface area (TPSA) is 53.4 Å². The van der Waals surface area contributed by atoms with Crippen LogP contribution in [0.4, 0.5) is 5.82 Å². The first-order chi connectivity index (χ1) is 10.6. The van der Waals surface area contributed by atoms with Gasteiger partial charge in [0, 0.05) is 19.3 Å². The van der Waals surface area contributed by atoms with Gasteiger partial charge in [-0.25, -0.2) is 4.98 Å². The number of carbonyl (C=O) groups is 1. The Labute approximate surface area is 134 Å². The molecule has 1 heterocycles. The summed E-state index contributed by atoms with van der Waals surface area (Å²) in [7, 11) is 0. The van der Waals surface area contributed by atoms with Gasteiger partial charge in [-0.1, -0.05) is 45.4 Å². The van der Waals surface area contributed by atoms with Gasteiger partial charge in [-0.2, -0.15) is 0 Å². The second-order valence-corrected chi connectivity index (χ2v) is 5.94. The highest BCUT2D eigenvalue weighted by molar-refractivity contribution is 5.67. The molecule has 0 radical (unpaired) electrons. The molecule has 1 rings (SSSR count). The van der Waals surface area contributed by atoms with Crippen molar-refractivity contribution in [1.29, 1.82) is 0 Å². The Kier molecular flexibility index (Phi) is 9.28. The molecule has 1 N–H and O–H groups in total.